The van der Waals surface area contributed by atoms with E-state index in [0.717, 1.165) is 26.9 Å². The number of aliphatic hydroxyl groups excluding tert-OH is 1. The van der Waals surface area contributed by atoms with Crippen LogP contribution in [-0.2, 0) is 0 Å². The molecule has 0 aliphatic carbocycles. The van der Waals surface area contributed by atoms with Gasteiger partial charge >= 0.3 is 0 Å². The molecule has 0 unspecified atom stereocenters. The molecule has 0 amide bonds. The van der Waals surface area contributed by atoms with E-state index in [1.54, 1.807) is 11.3 Å². The van der Waals surface area contributed by atoms with E-state index in [2.05, 4.69) is 46.9 Å². The molecule has 2 N–H and O–H groups in total. The monoisotopic (exact) mass is 349 g/mol. The minimum Gasteiger partial charge on any atom is -0.396 e. The van der Waals surface area contributed by atoms with Gasteiger partial charge in [0.1, 0.15) is 5.82 Å². The van der Waals surface area contributed by atoms with Crippen molar-refractivity contribution in [1.82, 2.24) is 9.97 Å². The minimum atomic E-state index is 0.171. The summed E-state index contributed by atoms with van der Waals surface area (Å²) in [6.07, 6.45) is 2.52. The first-order valence-corrected chi connectivity index (χ1v) is 9.24. The number of rotatable bonds is 5. The number of pyridine rings is 2. The molecule has 126 valence electrons. The predicted molar refractivity (Wildman–Crippen MR) is 105 cm³/mol. The Morgan fingerprint density at radius 2 is 2.00 bits per heavy atom. The van der Waals surface area contributed by atoms with Crippen LogP contribution in [0.4, 0.5) is 5.82 Å². The number of hydrogen-bond acceptors (Lipinski definition) is 5. The molecule has 0 atom stereocenters. The molecule has 3 heterocycles. The number of thiophene rings is 1. The van der Waals surface area contributed by atoms with Crippen molar-refractivity contribution in [2.45, 2.75) is 13.3 Å². The molecule has 3 aromatic heterocycles. The van der Waals surface area contributed by atoms with E-state index in [4.69, 9.17) is 10.1 Å². The lowest BCUT2D eigenvalue weighted by atomic mass is 9.99. The van der Waals surface area contributed by atoms with Crippen LogP contribution >= 0.6 is 11.3 Å². The minimum absolute atomic E-state index is 0.171. The molecule has 0 spiro atoms. The molecule has 1 aromatic carbocycles. The van der Waals surface area contributed by atoms with Gasteiger partial charge in [0.05, 0.1) is 15.7 Å². The Morgan fingerprint density at radius 1 is 1.12 bits per heavy atom. The van der Waals surface area contributed by atoms with Gasteiger partial charge in [-0.2, -0.15) is 0 Å². The number of anilines is 1. The zero-order chi connectivity index (χ0) is 17.2. The molecule has 0 fully saturated rings. The van der Waals surface area contributed by atoms with Crippen molar-refractivity contribution in [3.63, 3.8) is 0 Å². The van der Waals surface area contributed by atoms with Crippen molar-refractivity contribution < 1.29 is 5.11 Å². The Kier molecular flexibility index (Phi) is 4.34. The van der Waals surface area contributed by atoms with Crippen molar-refractivity contribution in [2.24, 2.45) is 0 Å². The van der Waals surface area contributed by atoms with Crippen LogP contribution in [0, 0.1) is 6.92 Å². The third-order valence-electron chi connectivity index (χ3n) is 4.32. The number of nitrogens with one attached hydrogen (secondary N) is 1. The third-order valence-corrected chi connectivity index (χ3v) is 5.31. The van der Waals surface area contributed by atoms with Crippen LogP contribution in [0.2, 0.25) is 0 Å². The number of aliphatic hydroxyl groups is 1. The molecular weight excluding hydrogens is 330 g/mol. The van der Waals surface area contributed by atoms with Gasteiger partial charge in [-0.05, 0) is 36.6 Å². The van der Waals surface area contributed by atoms with Crippen molar-refractivity contribution in [3.8, 4) is 11.1 Å². The molecule has 0 bridgehead atoms. The lowest BCUT2D eigenvalue weighted by Crippen LogP contribution is -2.05. The summed E-state index contributed by atoms with van der Waals surface area (Å²) in [5.41, 5.74) is 5.50. The molecule has 0 aliphatic heterocycles. The number of aromatic nitrogens is 2. The highest BCUT2D eigenvalue weighted by Crippen LogP contribution is 2.41. The van der Waals surface area contributed by atoms with Gasteiger partial charge in [0, 0.05) is 35.7 Å². The molecule has 25 heavy (non-hydrogen) atoms. The Balaban J connectivity index is 1.98. The highest BCUT2D eigenvalue weighted by Gasteiger charge is 2.16. The van der Waals surface area contributed by atoms with Gasteiger partial charge in [0.2, 0.25) is 0 Å². The fourth-order valence-electron chi connectivity index (χ4n) is 3.10. The molecule has 4 nitrogen and oxygen atoms in total. The Morgan fingerprint density at radius 3 is 2.84 bits per heavy atom. The number of nitrogens with zero attached hydrogens (tertiary/aromatic N) is 2. The average Bonchev–Trinajstić information content (AvgIpc) is 3.08. The van der Waals surface area contributed by atoms with Gasteiger partial charge in [-0.15, -0.1) is 11.3 Å². The standard InChI is InChI=1S/C20H19N3OS/c1-13-6-2-3-7-14(13)15-12-25-19-17(15)18-16(8-4-9-21-18)23-20(19)22-10-5-11-24/h2-4,6-9,12,24H,5,10-11H2,1H3,(H,22,23). The topological polar surface area (TPSA) is 58.0 Å². The summed E-state index contributed by atoms with van der Waals surface area (Å²) in [5.74, 6) is 0.869. The summed E-state index contributed by atoms with van der Waals surface area (Å²) in [6.45, 7) is 3.00. The molecule has 0 radical (unpaired) electrons. The predicted octanol–water partition coefficient (Wildman–Crippen LogP) is 4.61. The average molecular weight is 349 g/mol. The number of fused-ring (bicyclic) bond motifs is 3. The lowest BCUT2D eigenvalue weighted by Gasteiger charge is -2.10. The van der Waals surface area contributed by atoms with Crippen LogP contribution in [0.3, 0.4) is 0 Å². The van der Waals surface area contributed by atoms with Crippen LogP contribution in [0.25, 0.3) is 32.2 Å². The van der Waals surface area contributed by atoms with E-state index in [0.29, 0.717) is 13.0 Å². The van der Waals surface area contributed by atoms with Crippen molar-refractivity contribution in [2.75, 3.05) is 18.5 Å². The SMILES string of the molecule is Cc1ccccc1-c1csc2c(NCCCO)nc3cccnc3c12. The van der Waals surface area contributed by atoms with E-state index < -0.39 is 0 Å². The second kappa shape index (κ2) is 6.78. The second-order valence-electron chi connectivity index (χ2n) is 6.00. The summed E-state index contributed by atoms with van der Waals surface area (Å²) >= 11 is 1.69. The van der Waals surface area contributed by atoms with Crippen molar-refractivity contribution >= 4 is 38.3 Å². The first-order valence-electron chi connectivity index (χ1n) is 8.36. The van der Waals surface area contributed by atoms with E-state index in [1.807, 2.05) is 18.3 Å². The van der Waals surface area contributed by atoms with Gasteiger partial charge in [0.15, 0.2) is 0 Å². The zero-order valence-corrected chi connectivity index (χ0v) is 14.8. The quantitative estimate of drug-likeness (QED) is 0.516. The molecule has 0 saturated carbocycles. The van der Waals surface area contributed by atoms with Crippen LogP contribution in [-0.4, -0.2) is 28.2 Å². The number of hydrogen-bond donors (Lipinski definition) is 2. The van der Waals surface area contributed by atoms with Crippen molar-refractivity contribution in [1.29, 1.82) is 0 Å². The van der Waals surface area contributed by atoms with Gasteiger partial charge in [-0.25, -0.2) is 4.98 Å². The number of aryl methyl sites for hydroxylation is 1. The summed E-state index contributed by atoms with van der Waals surface area (Å²) in [4.78, 5) is 9.37. The van der Waals surface area contributed by atoms with Gasteiger partial charge < -0.3 is 10.4 Å². The highest BCUT2D eigenvalue weighted by molar-refractivity contribution is 7.18. The molecule has 0 aliphatic rings. The molecular formula is C20H19N3OS. The van der Waals surface area contributed by atoms with Gasteiger partial charge in [-0.1, -0.05) is 24.3 Å². The second-order valence-corrected chi connectivity index (χ2v) is 6.88. The first kappa shape index (κ1) is 16.0. The van der Waals surface area contributed by atoms with Crippen LogP contribution < -0.4 is 5.32 Å². The van der Waals surface area contributed by atoms with Crippen LogP contribution in [0.5, 0.6) is 0 Å². The Labute approximate surface area is 150 Å². The lowest BCUT2D eigenvalue weighted by molar-refractivity contribution is 0.292. The van der Waals surface area contributed by atoms with E-state index in [9.17, 15) is 0 Å². The molecule has 5 heteroatoms. The largest absolute Gasteiger partial charge is 0.396 e. The number of benzene rings is 1. The summed E-state index contributed by atoms with van der Waals surface area (Å²) in [7, 11) is 0. The summed E-state index contributed by atoms with van der Waals surface area (Å²) < 4.78 is 1.11. The maximum atomic E-state index is 9.04. The van der Waals surface area contributed by atoms with E-state index in [-0.39, 0.29) is 6.61 Å². The van der Waals surface area contributed by atoms with Crippen molar-refractivity contribution in [3.05, 3.63) is 53.5 Å². The molecule has 4 rings (SSSR count). The Hall–Kier alpha value is -2.50. The molecule has 4 aromatic rings. The smallest absolute Gasteiger partial charge is 0.144 e. The third kappa shape index (κ3) is 2.86. The van der Waals surface area contributed by atoms with E-state index in [1.165, 1.54) is 16.7 Å². The van der Waals surface area contributed by atoms with Gasteiger partial charge in [0.25, 0.3) is 0 Å². The summed E-state index contributed by atoms with van der Waals surface area (Å²) in [5, 5.41) is 15.8. The van der Waals surface area contributed by atoms with Crippen LogP contribution in [0.1, 0.15) is 12.0 Å². The fourth-order valence-corrected chi connectivity index (χ4v) is 4.13. The maximum absolute atomic E-state index is 9.04. The summed E-state index contributed by atoms with van der Waals surface area (Å²) in [6, 6.07) is 12.3. The van der Waals surface area contributed by atoms with E-state index >= 15 is 0 Å². The van der Waals surface area contributed by atoms with Gasteiger partial charge in [-0.3, -0.25) is 4.98 Å². The normalized spacial score (nSPS) is 11.3. The maximum Gasteiger partial charge on any atom is 0.144 e. The first-order chi connectivity index (χ1) is 12.3. The van der Waals surface area contributed by atoms with Crippen LogP contribution in [0.15, 0.2) is 48.0 Å². The fraction of sp³-hybridized carbons (Fsp3) is 0.200. The molecule has 0 saturated heterocycles. The highest BCUT2D eigenvalue weighted by atomic mass is 32.1. The zero-order valence-electron chi connectivity index (χ0n) is 14.0. The Bertz CT molecular complexity index is 1040.